The van der Waals surface area contributed by atoms with Crippen molar-refractivity contribution in [2.24, 2.45) is 0 Å². The second-order valence-corrected chi connectivity index (χ2v) is 4.77. The molecule has 0 aliphatic carbocycles. The number of ether oxygens (including phenoxy) is 1. The Balaban J connectivity index is 2.01. The maximum atomic E-state index is 4.96. The molecule has 0 aliphatic rings. The van der Waals surface area contributed by atoms with Crippen molar-refractivity contribution >= 4 is 15.9 Å². The van der Waals surface area contributed by atoms with E-state index >= 15 is 0 Å². The Morgan fingerprint density at radius 1 is 1.26 bits per heavy atom. The van der Waals surface area contributed by atoms with Gasteiger partial charge in [-0.1, -0.05) is 0 Å². The van der Waals surface area contributed by atoms with Crippen molar-refractivity contribution in [1.82, 2.24) is 20.3 Å². The van der Waals surface area contributed by atoms with Crippen LogP contribution in [0.2, 0.25) is 0 Å². The Morgan fingerprint density at radius 2 is 2.05 bits per heavy atom. The minimum Gasteiger partial charge on any atom is -0.383 e. The molecule has 0 saturated carbocycles. The Hall–Kier alpha value is -1.37. The molecule has 19 heavy (non-hydrogen) atoms. The van der Waals surface area contributed by atoms with Crippen LogP contribution in [0.15, 0.2) is 35.2 Å². The van der Waals surface area contributed by atoms with Gasteiger partial charge < -0.3 is 10.1 Å². The van der Waals surface area contributed by atoms with Crippen LogP contribution in [0.5, 0.6) is 0 Å². The van der Waals surface area contributed by atoms with Crippen molar-refractivity contribution in [1.29, 1.82) is 0 Å². The van der Waals surface area contributed by atoms with Crippen molar-refractivity contribution in [3.63, 3.8) is 0 Å². The second-order valence-electron chi connectivity index (χ2n) is 3.92. The lowest BCUT2D eigenvalue weighted by molar-refractivity contribution is 0.199. The topological polar surface area (TPSA) is 59.9 Å². The number of hydrogen-bond acceptors (Lipinski definition) is 5. The third kappa shape index (κ3) is 4.05. The smallest absolute Gasteiger partial charge is 0.179 e. The van der Waals surface area contributed by atoms with Gasteiger partial charge in [-0.05, 0) is 28.1 Å². The fourth-order valence-corrected chi connectivity index (χ4v) is 1.96. The fourth-order valence-electron chi connectivity index (χ4n) is 1.53. The molecule has 2 rings (SSSR count). The van der Waals surface area contributed by atoms with Gasteiger partial charge in [0.2, 0.25) is 0 Å². The number of nitrogens with one attached hydrogen (secondary N) is 1. The lowest BCUT2D eigenvalue weighted by Crippen LogP contribution is -2.18. The molecule has 2 aromatic rings. The van der Waals surface area contributed by atoms with Crippen molar-refractivity contribution in [2.75, 3.05) is 20.3 Å². The number of halogens is 1. The molecule has 0 unspecified atom stereocenters. The molecule has 2 heterocycles. The predicted molar refractivity (Wildman–Crippen MR) is 76.5 cm³/mol. The van der Waals surface area contributed by atoms with Crippen LogP contribution in [0.1, 0.15) is 5.56 Å². The van der Waals surface area contributed by atoms with Crippen molar-refractivity contribution < 1.29 is 4.74 Å². The summed E-state index contributed by atoms with van der Waals surface area (Å²) in [6.45, 7) is 2.23. The third-order valence-electron chi connectivity index (χ3n) is 2.49. The van der Waals surface area contributed by atoms with Crippen LogP contribution in [-0.4, -0.2) is 35.2 Å². The maximum Gasteiger partial charge on any atom is 0.179 e. The van der Waals surface area contributed by atoms with Crippen LogP contribution in [-0.2, 0) is 11.3 Å². The standard InChI is InChI=1S/C13H15BrN4O/c1-19-6-5-15-7-10-8-17-13(18-9-10)12-11(14)3-2-4-16-12/h2-4,8-9,15H,5-7H2,1H3. The SMILES string of the molecule is COCCNCc1cnc(-c2ncccc2Br)nc1. The second kappa shape index (κ2) is 7.28. The van der Waals surface area contributed by atoms with E-state index in [1.54, 1.807) is 13.3 Å². The summed E-state index contributed by atoms with van der Waals surface area (Å²) >= 11 is 3.44. The highest BCUT2D eigenvalue weighted by molar-refractivity contribution is 9.10. The van der Waals surface area contributed by atoms with Crippen LogP contribution in [0.4, 0.5) is 0 Å². The molecule has 0 saturated heterocycles. The van der Waals surface area contributed by atoms with Gasteiger partial charge in [0.1, 0.15) is 5.69 Å². The van der Waals surface area contributed by atoms with Crippen LogP contribution < -0.4 is 5.32 Å². The summed E-state index contributed by atoms with van der Waals surface area (Å²) in [6, 6.07) is 3.79. The molecule has 0 fully saturated rings. The van der Waals surface area contributed by atoms with Gasteiger partial charge in [-0.25, -0.2) is 9.97 Å². The van der Waals surface area contributed by atoms with E-state index in [4.69, 9.17) is 4.74 Å². The largest absolute Gasteiger partial charge is 0.383 e. The summed E-state index contributed by atoms with van der Waals surface area (Å²) < 4.78 is 5.85. The molecule has 0 radical (unpaired) electrons. The lowest BCUT2D eigenvalue weighted by Gasteiger charge is -2.05. The van der Waals surface area contributed by atoms with Gasteiger partial charge in [0, 0.05) is 48.8 Å². The van der Waals surface area contributed by atoms with Gasteiger partial charge in [0.05, 0.1) is 6.61 Å². The number of aromatic nitrogens is 3. The van der Waals surface area contributed by atoms with E-state index in [0.717, 1.165) is 28.8 Å². The van der Waals surface area contributed by atoms with E-state index in [1.807, 2.05) is 24.5 Å². The van der Waals surface area contributed by atoms with Crippen LogP contribution >= 0.6 is 15.9 Å². The first-order chi connectivity index (χ1) is 9.31. The Labute approximate surface area is 120 Å². The summed E-state index contributed by atoms with van der Waals surface area (Å²) in [7, 11) is 1.68. The zero-order valence-corrected chi connectivity index (χ0v) is 12.2. The average molecular weight is 323 g/mol. The highest BCUT2D eigenvalue weighted by atomic mass is 79.9. The van der Waals surface area contributed by atoms with Gasteiger partial charge in [-0.2, -0.15) is 0 Å². The summed E-state index contributed by atoms with van der Waals surface area (Å²) in [4.78, 5) is 12.9. The predicted octanol–water partition coefficient (Wildman–Crippen LogP) is 2.04. The molecule has 0 aromatic carbocycles. The molecular formula is C13H15BrN4O. The first-order valence-corrected chi connectivity index (χ1v) is 6.72. The molecule has 0 spiro atoms. The summed E-state index contributed by atoms with van der Waals surface area (Å²) in [5.41, 5.74) is 1.79. The molecular weight excluding hydrogens is 308 g/mol. The first-order valence-electron chi connectivity index (χ1n) is 5.92. The molecule has 100 valence electrons. The molecule has 6 heteroatoms. The van der Waals surface area contributed by atoms with E-state index in [2.05, 4.69) is 36.2 Å². The Bertz CT molecular complexity index is 518. The summed E-state index contributed by atoms with van der Waals surface area (Å²) in [5, 5.41) is 3.24. The molecule has 0 amide bonds. The Morgan fingerprint density at radius 3 is 2.74 bits per heavy atom. The minimum atomic E-state index is 0.619. The summed E-state index contributed by atoms with van der Waals surface area (Å²) in [6.07, 6.45) is 5.34. The van der Waals surface area contributed by atoms with Crippen LogP contribution in [0, 0.1) is 0 Å². The van der Waals surface area contributed by atoms with E-state index in [0.29, 0.717) is 12.4 Å². The van der Waals surface area contributed by atoms with Gasteiger partial charge in [0.15, 0.2) is 5.82 Å². The highest BCUT2D eigenvalue weighted by Crippen LogP contribution is 2.21. The number of methoxy groups -OCH3 is 1. The Kier molecular flexibility index (Phi) is 5.38. The highest BCUT2D eigenvalue weighted by Gasteiger charge is 2.06. The van der Waals surface area contributed by atoms with Crippen molar-refractivity contribution in [3.05, 3.63) is 40.8 Å². The lowest BCUT2D eigenvalue weighted by atomic mass is 10.3. The third-order valence-corrected chi connectivity index (χ3v) is 3.13. The van der Waals surface area contributed by atoms with E-state index < -0.39 is 0 Å². The fraction of sp³-hybridized carbons (Fsp3) is 0.308. The minimum absolute atomic E-state index is 0.619. The molecule has 1 N–H and O–H groups in total. The monoisotopic (exact) mass is 322 g/mol. The number of nitrogens with zero attached hydrogens (tertiary/aromatic N) is 3. The molecule has 5 nitrogen and oxygen atoms in total. The molecule has 0 atom stereocenters. The van der Waals surface area contributed by atoms with Crippen molar-refractivity contribution in [3.8, 4) is 11.5 Å². The first kappa shape index (κ1) is 14.0. The van der Waals surface area contributed by atoms with Gasteiger partial charge in [0.25, 0.3) is 0 Å². The van der Waals surface area contributed by atoms with E-state index in [-0.39, 0.29) is 0 Å². The average Bonchev–Trinajstić information content (AvgIpc) is 2.45. The number of rotatable bonds is 6. The van der Waals surface area contributed by atoms with Crippen molar-refractivity contribution in [2.45, 2.75) is 6.54 Å². The quantitative estimate of drug-likeness (QED) is 0.825. The van der Waals surface area contributed by atoms with Crippen LogP contribution in [0.25, 0.3) is 11.5 Å². The summed E-state index contributed by atoms with van der Waals surface area (Å²) in [5.74, 6) is 0.619. The molecule has 2 aromatic heterocycles. The molecule has 0 aliphatic heterocycles. The zero-order valence-electron chi connectivity index (χ0n) is 10.6. The molecule has 0 bridgehead atoms. The zero-order chi connectivity index (χ0) is 13.5. The maximum absolute atomic E-state index is 4.96. The van der Waals surface area contributed by atoms with E-state index in [9.17, 15) is 0 Å². The number of pyridine rings is 1. The van der Waals surface area contributed by atoms with E-state index in [1.165, 1.54) is 0 Å². The van der Waals surface area contributed by atoms with Gasteiger partial charge in [-0.3, -0.25) is 4.98 Å². The van der Waals surface area contributed by atoms with Crippen LogP contribution in [0.3, 0.4) is 0 Å². The number of hydrogen-bond donors (Lipinski definition) is 1. The normalized spacial score (nSPS) is 10.6. The van der Waals surface area contributed by atoms with Gasteiger partial charge >= 0.3 is 0 Å². The van der Waals surface area contributed by atoms with Gasteiger partial charge in [-0.15, -0.1) is 0 Å².